The molecule has 1 aromatic rings. The van der Waals surface area contributed by atoms with Crippen molar-refractivity contribution in [2.75, 3.05) is 11.9 Å². The van der Waals surface area contributed by atoms with E-state index in [1.165, 1.54) is 4.90 Å². The van der Waals surface area contributed by atoms with Crippen LogP contribution in [0, 0.1) is 0 Å². The molecule has 0 spiro atoms. The molecule has 2 N–H and O–H groups in total. The standard InChI is InChI=1S/C16H19N3O3/c20-14-7-8-15(21)19(14)10-11-4-1-2-5-12(11)18-16(22)13-6-3-9-17-13/h1-2,4-5,13,17H,3,6-10H2,(H,18,22). The van der Waals surface area contributed by atoms with E-state index in [1.807, 2.05) is 18.2 Å². The monoisotopic (exact) mass is 301 g/mol. The lowest BCUT2D eigenvalue weighted by Gasteiger charge is -2.18. The summed E-state index contributed by atoms with van der Waals surface area (Å²) in [6.07, 6.45) is 2.38. The van der Waals surface area contributed by atoms with Crippen molar-refractivity contribution in [1.82, 2.24) is 10.2 Å². The molecule has 3 amide bonds. The number of nitrogens with zero attached hydrogens (tertiary/aromatic N) is 1. The smallest absolute Gasteiger partial charge is 0.241 e. The molecule has 22 heavy (non-hydrogen) atoms. The summed E-state index contributed by atoms with van der Waals surface area (Å²) in [4.78, 5) is 37.0. The Balaban J connectivity index is 1.73. The van der Waals surface area contributed by atoms with Crippen LogP contribution < -0.4 is 10.6 Å². The number of benzene rings is 1. The molecule has 0 aliphatic carbocycles. The van der Waals surface area contributed by atoms with E-state index >= 15 is 0 Å². The van der Waals surface area contributed by atoms with Gasteiger partial charge >= 0.3 is 0 Å². The molecule has 2 aliphatic heterocycles. The summed E-state index contributed by atoms with van der Waals surface area (Å²) in [5.74, 6) is -0.365. The van der Waals surface area contributed by atoms with E-state index in [9.17, 15) is 14.4 Å². The van der Waals surface area contributed by atoms with Crippen LogP contribution >= 0.6 is 0 Å². The van der Waals surface area contributed by atoms with Crippen LogP contribution in [-0.2, 0) is 20.9 Å². The van der Waals surface area contributed by atoms with Gasteiger partial charge in [0.2, 0.25) is 17.7 Å². The van der Waals surface area contributed by atoms with Gasteiger partial charge in [0.1, 0.15) is 0 Å². The Labute approximate surface area is 128 Å². The Hall–Kier alpha value is -2.21. The van der Waals surface area contributed by atoms with Crippen LogP contribution in [-0.4, -0.2) is 35.2 Å². The average molecular weight is 301 g/mol. The lowest BCUT2D eigenvalue weighted by molar-refractivity contribution is -0.139. The molecular formula is C16H19N3O3. The number of anilines is 1. The normalized spacial score (nSPS) is 21.5. The maximum Gasteiger partial charge on any atom is 0.241 e. The van der Waals surface area contributed by atoms with E-state index in [4.69, 9.17) is 0 Å². The molecular weight excluding hydrogens is 282 g/mol. The number of carbonyl (C=O) groups excluding carboxylic acids is 3. The first kappa shape index (κ1) is 14.7. The molecule has 2 fully saturated rings. The zero-order chi connectivity index (χ0) is 15.5. The zero-order valence-electron chi connectivity index (χ0n) is 12.3. The maximum atomic E-state index is 12.2. The number of hydrogen-bond donors (Lipinski definition) is 2. The van der Waals surface area contributed by atoms with E-state index in [0.717, 1.165) is 24.9 Å². The number of rotatable bonds is 4. The molecule has 1 atom stereocenters. The Morgan fingerprint density at radius 2 is 1.95 bits per heavy atom. The third kappa shape index (κ3) is 3.01. The first-order chi connectivity index (χ1) is 10.6. The summed E-state index contributed by atoms with van der Waals surface area (Å²) in [6.45, 7) is 1.07. The van der Waals surface area contributed by atoms with Gasteiger partial charge in [-0.25, -0.2) is 0 Å². The second-order valence-electron chi connectivity index (χ2n) is 5.67. The number of imide groups is 1. The number of hydrogen-bond acceptors (Lipinski definition) is 4. The van der Waals surface area contributed by atoms with Crippen molar-refractivity contribution in [2.45, 2.75) is 38.3 Å². The van der Waals surface area contributed by atoms with Gasteiger partial charge in [-0.1, -0.05) is 18.2 Å². The van der Waals surface area contributed by atoms with Crippen LogP contribution in [0.5, 0.6) is 0 Å². The summed E-state index contributed by atoms with van der Waals surface area (Å²) in [6, 6.07) is 7.13. The highest BCUT2D eigenvalue weighted by molar-refractivity contribution is 6.02. The molecule has 0 aromatic heterocycles. The Kier molecular flexibility index (Phi) is 4.20. The van der Waals surface area contributed by atoms with E-state index < -0.39 is 0 Å². The molecule has 2 aliphatic rings. The quantitative estimate of drug-likeness (QED) is 0.814. The van der Waals surface area contributed by atoms with Crippen molar-refractivity contribution in [3.8, 4) is 0 Å². The Bertz CT molecular complexity index is 592. The van der Waals surface area contributed by atoms with E-state index in [1.54, 1.807) is 6.07 Å². The SMILES string of the molecule is O=C(Nc1ccccc1CN1C(=O)CCC1=O)C1CCCN1. The molecule has 1 aromatic carbocycles. The lowest BCUT2D eigenvalue weighted by Crippen LogP contribution is -2.36. The minimum absolute atomic E-state index is 0.0657. The van der Waals surface area contributed by atoms with Crippen molar-refractivity contribution in [2.24, 2.45) is 0 Å². The highest BCUT2D eigenvalue weighted by atomic mass is 16.2. The van der Waals surface area contributed by atoms with Gasteiger partial charge in [-0.15, -0.1) is 0 Å². The van der Waals surface area contributed by atoms with Gasteiger partial charge in [0.25, 0.3) is 0 Å². The van der Waals surface area contributed by atoms with Gasteiger partial charge in [0.15, 0.2) is 0 Å². The van der Waals surface area contributed by atoms with Crippen molar-refractivity contribution < 1.29 is 14.4 Å². The topological polar surface area (TPSA) is 78.5 Å². The van der Waals surface area contributed by atoms with Crippen LogP contribution in [0.3, 0.4) is 0 Å². The Morgan fingerprint density at radius 1 is 1.23 bits per heavy atom. The third-order valence-corrected chi connectivity index (χ3v) is 4.14. The molecule has 0 saturated carbocycles. The maximum absolute atomic E-state index is 12.2. The van der Waals surface area contributed by atoms with E-state index in [-0.39, 0.29) is 43.1 Å². The number of amides is 3. The highest BCUT2D eigenvalue weighted by Crippen LogP contribution is 2.22. The van der Waals surface area contributed by atoms with Crippen LogP contribution in [0.4, 0.5) is 5.69 Å². The average Bonchev–Trinajstić information content (AvgIpc) is 3.14. The fourth-order valence-corrected chi connectivity index (χ4v) is 2.88. The van der Waals surface area contributed by atoms with Crippen molar-refractivity contribution in [3.05, 3.63) is 29.8 Å². The summed E-state index contributed by atoms with van der Waals surface area (Å²) in [7, 11) is 0. The first-order valence-corrected chi connectivity index (χ1v) is 7.60. The van der Waals surface area contributed by atoms with Gasteiger partial charge in [-0.3, -0.25) is 19.3 Å². The minimum atomic E-state index is -0.164. The molecule has 2 saturated heterocycles. The van der Waals surface area contributed by atoms with Crippen molar-refractivity contribution in [3.63, 3.8) is 0 Å². The molecule has 0 bridgehead atoms. The summed E-state index contributed by atoms with van der Waals surface area (Å²) in [5, 5.41) is 6.06. The predicted molar refractivity (Wildman–Crippen MR) is 80.9 cm³/mol. The van der Waals surface area contributed by atoms with Gasteiger partial charge in [-0.05, 0) is 31.0 Å². The molecule has 116 valence electrons. The van der Waals surface area contributed by atoms with Crippen LogP contribution in [0.2, 0.25) is 0 Å². The summed E-state index contributed by atoms with van der Waals surface area (Å²) < 4.78 is 0. The van der Waals surface area contributed by atoms with Crippen LogP contribution in [0.15, 0.2) is 24.3 Å². The molecule has 2 heterocycles. The zero-order valence-corrected chi connectivity index (χ0v) is 12.3. The van der Waals surface area contributed by atoms with E-state index in [0.29, 0.717) is 5.69 Å². The molecule has 6 heteroatoms. The van der Waals surface area contributed by atoms with Crippen molar-refractivity contribution >= 4 is 23.4 Å². The van der Waals surface area contributed by atoms with Gasteiger partial charge < -0.3 is 10.6 Å². The third-order valence-electron chi connectivity index (χ3n) is 4.14. The second kappa shape index (κ2) is 6.27. The van der Waals surface area contributed by atoms with Gasteiger partial charge in [-0.2, -0.15) is 0 Å². The Morgan fingerprint density at radius 3 is 2.64 bits per heavy atom. The first-order valence-electron chi connectivity index (χ1n) is 7.60. The second-order valence-corrected chi connectivity index (χ2v) is 5.67. The number of nitrogens with one attached hydrogen (secondary N) is 2. The minimum Gasteiger partial charge on any atom is -0.324 e. The van der Waals surface area contributed by atoms with Crippen LogP contribution in [0.25, 0.3) is 0 Å². The van der Waals surface area contributed by atoms with Gasteiger partial charge in [0.05, 0.1) is 12.6 Å². The summed E-state index contributed by atoms with van der Waals surface area (Å²) >= 11 is 0. The fourth-order valence-electron chi connectivity index (χ4n) is 2.88. The van der Waals surface area contributed by atoms with Crippen LogP contribution in [0.1, 0.15) is 31.2 Å². The van der Waals surface area contributed by atoms with Crippen molar-refractivity contribution in [1.29, 1.82) is 0 Å². The van der Waals surface area contributed by atoms with Gasteiger partial charge in [0, 0.05) is 18.5 Å². The number of para-hydroxylation sites is 1. The molecule has 1 unspecified atom stereocenters. The lowest BCUT2D eigenvalue weighted by atomic mass is 10.1. The summed E-state index contributed by atoms with van der Waals surface area (Å²) in [5.41, 5.74) is 1.44. The number of likely N-dealkylation sites (tertiary alicyclic amines) is 1. The fraction of sp³-hybridized carbons (Fsp3) is 0.438. The number of carbonyl (C=O) groups is 3. The molecule has 3 rings (SSSR count). The largest absolute Gasteiger partial charge is 0.324 e. The predicted octanol–water partition coefficient (Wildman–Crippen LogP) is 1.03. The highest BCUT2D eigenvalue weighted by Gasteiger charge is 2.29. The molecule has 0 radical (unpaired) electrons. The molecule has 6 nitrogen and oxygen atoms in total. The van der Waals surface area contributed by atoms with E-state index in [2.05, 4.69) is 10.6 Å².